The molecule has 2 rings (SSSR count). The highest BCUT2D eigenvalue weighted by Gasteiger charge is 2.30. The zero-order valence-corrected chi connectivity index (χ0v) is 11.1. The summed E-state index contributed by atoms with van der Waals surface area (Å²) in [5, 5.41) is 0. The lowest BCUT2D eigenvalue weighted by Gasteiger charge is -2.20. The predicted molar refractivity (Wildman–Crippen MR) is 74.6 cm³/mol. The van der Waals surface area contributed by atoms with E-state index in [1.54, 1.807) is 4.90 Å². The van der Waals surface area contributed by atoms with Crippen LogP contribution in [0.4, 0.5) is 11.4 Å². The number of benzene rings is 1. The molecule has 0 aromatic heterocycles. The largest absolute Gasteiger partial charge is 0.397 e. The standard InChI is InChI=1S/C13H18N2OS/c1-8-3-4-11(13(14)9(8)2)15-6-10(7-17)5-12(15)16/h3-4,10,17H,5-7,14H2,1-2H3. The molecule has 3 nitrogen and oxygen atoms in total. The lowest BCUT2D eigenvalue weighted by Crippen LogP contribution is -2.26. The van der Waals surface area contributed by atoms with Gasteiger partial charge in [-0.1, -0.05) is 6.07 Å². The van der Waals surface area contributed by atoms with Crippen molar-refractivity contribution in [3.05, 3.63) is 23.3 Å². The van der Waals surface area contributed by atoms with Crippen LogP contribution in [0.1, 0.15) is 17.5 Å². The van der Waals surface area contributed by atoms with Gasteiger partial charge >= 0.3 is 0 Å². The van der Waals surface area contributed by atoms with Crippen LogP contribution in [0.15, 0.2) is 12.1 Å². The summed E-state index contributed by atoms with van der Waals surface area (Å²) in [5.41, 5.74) is 9.89. The van der Waals surface area contributed by atoms with Crippen molar-refractivity contribution in [2.45, 2.75) is 20.3 Å². The second-order valence-corrected chi connectivity index (χ2v) is 5.06. The van der Waals surface area contributed by atoms with Gasteiger partial charge in [0.25, 0.3) is 0 Å². The zero-order valence-electron chi connectivity index (χ0n) is 10.2. The van der Waals surface area contributed by atoms with Gasteiger partial charge in [0.15, 0.2) is 0 Å². The first-order chi connectivity index (χ1) is 8.04. The average Bonchev–Trinajstić information content (AvgIpc) is 2.68. The van der Waals surface area contributed by atoms with Crippen LogP contribution in [-0.2, 0) is 4.79 Å². The Kier molecular flexibility index (Phi) is 3.33. The van der Waals surface area contributed by atoms with E-state index in [0.717, 1.165) is 34.8 Å². The third-order valence-electron chi connectivity index (χ3n) is 3.52. The van der Waals surface area contributed by atoms with Crippen LogP contribution in [0, 0.1) is 19.8 Å². The third-order valence-corrected chi connectivity index (χ3v) is 4.03. The molecule has 1 unspecified atom stereocenters. The van der Waals surface area contributed by atoms with Gasteiger partial charge in [0, 0.05) is 13.0 Å². The average molecular weight is 250 g/mol. The summed E-state index contributed by atoms with van der Waals surface area (Å²) >= 11 is 4.26. The monoisotopic (exact) mass is 250 g/mol. The lowest BCUT2D eigenvalue weighted by molar-refractivity contribution is -0.117. The maximum atomic E-state index is 11.9. The Bertz CT molecular complexity index is 459. The molecule has 0 saturated carbocycles. The van der Waals surface area contributed by atoms with Crippen molar-refractivity contribution in [1.82, 2.24) is 0 Å². The molecule has 92 valence electrons. The molecule has 1 aliphatic heterocycles. The maximum absolute atomic E-state index is 11.9. The molecule has 1 aliphatic rings. The molecule has 1 amide bonds. The summed E-state index contributed by atoms with van der Waals surface area (Å²) < 4.78 is 0. The molecular weight excluding hydrogens is 232 g/mol. The number of carbonyl (C=O) groups is 1. The zero-order chi connectivity index (χ0) is 12.6. The van der Waals surface area contributed by atoms with Crippen LogP contribution < -0.4 is 10.6 Å². The number of carbonyl (C=O) groups excluding carboxylic acids is 1. The van der Waals surface area contributed by atoms with E-state index in [1.807, 2.05) is 26.0 Å². The Morgan fingerprint density at radius 1 is 1.47 bits per heavy atom. The Morgan fingerprint density at radius 3 is 2.76 bits per heavy atom. The highest BCUT2D eigenvalue weighted by Crippen LogP contribution is 2.33. The summed E-state index contributed by atoms with van der Waals surface area (Å²) in [6, 6.07) is 3.96. The second kappa shape index (κ2) is 4.61. The van der Waals surface area contributed by atoms with Crippen LogP contribution in [0.3, 0.4) is 0 Å². The van der Waals surface area contributed by atoms with Gasteiger partial charge in [-0.2, -0.15) is 12.6 Å². The fourth-order valence-corrected chi connectivity index (χ4v) is 2.44. The Hall–Kier alpha value is -1.16. The molecule has 2 N–H and O–H groups in total. The molecular formula is C13H18N2OS. The normalized spacial score (nSPS) is 20.1. The van der Waals surface area contributed by atoms with E-state index >= 15 is 0 Å². The van der Waals surface area contributed by atoms with E-state index in [4.69, 9.17) is 5.73 Å². The number of hydrogen-bond donors (Lipinski definition) is 2. The lowest BCUT2D eigenvalue weighted by atomic mass is 10.1. The fraction of sp³-hybridized carbons (Fsp3) is 0.462. The van der Waals surface area contributed by atoms with Crippen molar-refractivity contribution < 1.29 is 4.79 Å². The van der Waals surface area contributed by atoms with Gasteiger partial charge in [-0.05, 0) is 42.7 Å². The van der Waals surface area contributed by atoms with E-state index < -0.39 is 0 Å². The minimum Gasteiger partial charge on any atom is -0.397 e. The highest BCUT2D eigenvalue weighted by molar-refractivity contribution is 7.80. The van der Waals surface area contributed by atoms with Crippen molar-refractivity contribution >= 4 is 29.9 Å². The number of aryl methyl sites for hydroxylation is 1. The molecule has 17 heavy (non-hydrogen) atoms. The topological polar surface area (TPSA) is 46.3 Å². The van der Waals surface area contributed by atoms with Crippen LogP contribution in [-0.4, -0.2) is 18.2 Å². The van der Waals surface area contributed by atoms with Crippen LogP contribution in [0.25, 0.3) is 0 Å². The smallest absolute Gasteiger partial charge is 0.227 e. The first-order valence-electron chi connectivity index (χ1n) is 5.81. The summed E-state index contributed by atoms with van der Waals surface area (Å²) in [5.74, 6) is 1.23. The predicted octanol–water partition coefficient (Wildman–Crippen LogP) is 2.17. The van der Waals surface area contributed by atoms with Gasteiger partial charge in [0.05, 0.1) is 11.4 Å². The second-order valence-electron chi connectivity index (χ2n) is 4.70. The molecule has 1 aromatic rings. The Morgan fingerprint density at radius 2 is 2.18 bits per heavy atom. The third kappa shape index (κ3) is 2.14. The van der Waals surface area contributed by atoms with Gasteiger partial charge in [0.1, 0.15) is 0 Å². The first kappa shape index (κ1) is 12.3. The molecule has 0 radical (unpaired) electrons. The number of rotatable bonds is 2. The molecule has 0 spiro atoms. The van der Waals surface area contributed by atoms with Crippen molar-refractivity contribution in [2.75, 3.05) is 22.9 Å². The van der Waals surface area contributed by atoms with E-state index in [0.29, 0.717) is 12.3 Å². The summed E-state index contributed by atoms with van der Waals surface area (Å²) in [6.45, 7) is 4.75. The van der Waals surface area contributed by atoms with Gasteiger partial charge in [-0.3, -0.25) is 4.79 Å². The van der Waals surface area contributed by atoms with E-state index in [9.17, 15) is 4.79 Å². The van der Waals surface area contributed by atoms with Crippen molar-refractivity contribution in [1.29, 1.82) is 0 Å². The number of nitrogen functional groups attached to an aromatic ring is 1. The number of hydrogen-bond acceptors (Lipinski definition) is 3. The molecule has 1 fully saturated rings. The molecule has 1 aromatic carbocycles. The molecule has 1 heterocycles. The van der Waals surface area contributed by atoms with E-state index in [-0.39, 0.29) is 5.91 Å². The SMILES string of the molecule is Cc1ccc(N2CC(CS)CC2=O)c(N)c1C. The number of anilines is 2. The Labute approximate surface area is 107 Å². The molecule has 0 bridgehead atoms. The number of thiol groups is 1. The van der Waals surface area contributed by atoms with Crippen molar-refractivity contribution in [3.8, 4) is 0 Å². The molecule has 4 heteroatoms. The fourth-order valence-electron chi connectivity index (χ4n) is 2.20. The van der Waals surface area contributed by atoms with Gasteiger partial charge < -0.3 is 10.6 Å². The number of nitrogens with two attached hydrogens (primary N) is 1. The van der Waals surface area contributed by atoms with Crippen LogP contribution in [0.2, 0.25) is 0 Å². The highest BCUT2D eigenvalue weighted by atomic mass is 32.1. The molecule has 0 aliphatic carbocycles. The van der Waals surface area contributed by atoms with Gasteiger partial charge in [0.2, 0.25) is 5.91 Å². The summed E-state index contributed by atoms with van der Waals surface area (Å²) in [7, 11) is 0. The number of nitrogens with zero attached hydrogens (tertiary/aromatic N) is 1. The molecule has 1 atom stereocenters. The van der Waals surface area contributed by atoms with E-state index in [1.165, 1.54) is 0 Å². The van der Waals surface area contributed by atoms with Crippen molar-refractivity contribution in [3.63, 3.8) is 0 Å². The Balaban J connectivity index is 2.35. The summed E-state index contributed by atoms with van der Waals surface area (Å²) in [4.78, 5) is 13.7. The molecule has 1 saturated heterocycles. The van der Waals surface area contributed by atoms with Gasteiger partial charge in [-0.15, -0.1) is 0 Å². The first-order valence-corrected chi connectivity index (χ1v) is 6.44. The quantitative estimate of drug-likeness (QED) is 0.624. The number of amides is 1. The van der Waals surface area contributed by atoms with Crippen LogP contribution >= 0.6 is 12.6 Å². The van der Waals surface area contributed by atoms with E-state index in [2.05, 4.69) is 12.6 Å². The summed E-state index contributed by atoms with van der Waals surface area (Å²) in [6.07, 6.45) is 0.579. The van der Waals surface area contributed by atoms with Gasteiger partial charge in [-0.25, -0.2) is 0 Å². The minimum absolute atomic E-state index is 0.152. The minimum atomic E-state index is 0.152. The van der Waals surface area contributed by atoms with Crippen LogP contribution in [0.5, 0.6) is 0 Å². The van der Waals surface area contributed by atoms with Crippen molar-refractivity contribution in [2.24, 2.45) is 5.92 Å². The maximum Gasteiger partial charge on any atom is 0.227 e.